The molecule has 1 N–H and O–H groups in total. The second-order valence-corrected chi connectivity index (χ2v) is 6.04. The van der Waals surface area contributed by atoms with Gasteiger partial charge in [0.05, 0.1) is 11.3 Å². The predicted octanol–water partition coefficient (Wildman–Crippen LogP) is 2.41. The van der Waals surface area contributed by atoms with Gasteiger partial charge >= 0.3 is 12.1 Å². The lowest BCUT2D eigenvalue weighted by molar-refractivity contribution is -0.137. The van der Waals surface area contributed by atoms with Crippen LogP contribution in [0.1, 0.15) is 28.7 Å². The van der Waals surface area contributed by atoms with Crippen LogP contribution in [-0.4, -0.2) is 34.3 Å². The van der Waals surface area contributed by atoms with Gasteiger partial charge in [0, 0.05) is 18.3 Å². The summed E-state index contributed by atoms with van der Waals surface area (Å²) in [6.07, 6.45) is -4.35. The first-order valence-electron chi connectivity index (χ1n) is 8.42. The van der Waals surface area contributed by atoms with Crippen molar-refractivity contribution < 1.29 is 27.5 Å². The molecule has 10 heteroatoms. The Bertz CT molecular complexity index is 999. The van der Waals surface area contributed by atoms with Crippen LogP contribution in [0.25, 0.3) is 5.69 Å². The summed E-state index contributed by atoms with van der Waals surface area (Å²) >= 11 is 0. The number of carbonyl (C=O) groups excluding carboxylic acids is 2. The van der Waals surface area contributed by atoms with Gasteiger partial charge in [0.1, 0.15) is 0 Å². The zero-order chi connectivity index (χ0) is 21.8. The summed E-state index contributed by atoms with van der Waals surface area (Å²) < 4.78 is 44.9. The summed E-state index contributed by atoms with van der Waals surface area (Å²) in [6.45, 7) is 6.35. The van der Waals surface area contributed by atoms with Crippen molar-refractivity contribution in [2.45, 2.75) is 26.1 Å². The van der Waals surface area contributed by atoms with E-state index in [1.54, 1.807) is 0 Å². The highest BCUT2D eigenvalue weighted by Crippen LogP contribution is 2.30. The van der Waals surface area contributed by atoms with Gasteiger partial charge in [0.15, 0.2) is 6.10 Å². The summed E-state index contributed by atoms with van der Waals surface area (Å²) in [7, 11) is 0. The normalized spacial score (nSPS) is 12.2. The van der Waals surface area contributed by atoms with Gasteiger partial charge in [-0.2, -0.15) is 18.3 Å². The molecule has 2 rings (SSSR count). The van der Waals surface area contributed by atoms with Crippen LogP contribution in [0.5, 0.6) is 0 Å². The summed E-state index contributed by atoms with van der Waals surface area (Å²) in [5.74, 6) is -1.78. The number of nitrogens with zero attached hydrogens (tertiary/aromatic N) is 2. The number of esters is 1. The Kier molecular flexibility index (Phi) is 6.57. The van der Waals surface area contributed by atoms with Crippen molar-refractivity contribution in [2.75, 3.05) is 6.54 Å². The summed E-state index contributed by atoms with van der Waals surface area (Å²) in [5, 5.41) is 6.28. The zero-order valence-corrected chi connectivity index (χ0v) is 15.6. The standard InChI is InChI=1S/C19H18F3N3O4/c1-4-8-23-17(27)12(3)29-18(28)16-15(26)9-11(2)25(24-16)14-7-5-6-13(10-14)19(20,21)22/h4-7,9-10,12H,1,8H2,2-3H3,(H,23,27)/t12-/m1/s1. The third-order valence-electron chi connectivity index (χ3n) is 3.79. The highest BCUT2D eigenvalue weighted by Gasteiger charge is 2.31. The lowest BCUT2D eigenvalue weighted by atomic mass is 10.2. The molecular formula is C19H18F3N3O4. The molecule has 2 aromatic rings. The van der Waals surface area contributed by atoms with Crippen molar-refractivity contribution in [3.8, 4) is 5.69 Å². The van der Waals surface area contributed by atoms with Gasteiger partial charge in [-0.25, -0.2) is 9.48 Å². The van der Waals surface area contributed by atoms with Crippen molar-refractivity contribution in [1.82, 2.24) is 15.1 Å². The molecule has 0 bridgehead atoms. The minimum atomic E-state index is -4.57. The second-order valence-electron chi connectivity index (χ2n) is 6.04. The molecular weight excluding hydrogens is 391 g/mol. The molecule has 0 radical (unpaired) electrons. The van der Waals surface area contributed by atoms with Crippen LogP contribution in [0.2, 0.25) is 0 Å². The number of alkyl halides is 3. The third kappa shape index (κ3) is 5.31. The minimum Gasteiger partial charge on any atom is -0.448 e. The molecule has 0 saturated heterocycles. The molecule has 7 nitrogen and oxygen atoms in total. The fourth-order valence-corrected chi connectivity index (χ4v) is 2.35. The number of nitrogens with one attached hydrogen (secondary N) is 1. The SMILES string of the molecule is C=CCNC(=O)[C@@H](C)OC(=O)c1nn(-c2cccc(C(F)(F)F)c2)c(C)cc1=O. The van der Waals surface area contributed by atoms with Gasteiger partial charge < -0.3 is 10.1 Å². The van der Waals surface area contributed by atoms with Crippen LogP contribution in [0.4, 0.5) is 13.2 Å². The molecule has 0 aliphatic heterocycles. The van der Waals surface area contributed by atoms with Crippen molar-refractivity contribution >= 4 is 11.9 Å². The maximum atomic E-state index is 13.0. The van der Waals surface area contributed by atoms with Crippen LogP contribution in [0, 0.1) is 6.92 Å². The Morgan fingerprint density at radius 1 is 1.34 bits per heavy atom. The smallest absolute Gasteiger partial charge is 0.416 e. The number of aryl methyl sites for hydroxylation is 1. The number of hydrogen-bond acceptors (Lipinski definition) is 5. The number of amides is 1. The van der Waals surface area contributed by atoms with E-state index >= 15 is 0 Å². The summed E-state index contributed by atoms with van der Waals surface area (Å²) in [5.41, 5.74) is -2.14. The van der Waals surface area contributed by atoms with Crippen LogP contribution < -0.4 is 10.7 Å². The van der Waals surface area contributed by atoms with E-state index in [9.17, 15) is 27.6 Å². The molecule has 0 saturated carbocycles. The van der Waals surface area contributed by atoms with E-state index < -0.39 is 40.8 Å². The van der Waals surface area contributed by atoms with Crippen molar-refractivity contribution in [3.63, 3.8) is 0 Å². The molecule has 1 heterocycles. The molecule has 0 spiro atoms. The fraction of sp³-hybridized carbons (Fsp3) is 0.263. The average Bonchev–Trinajstić information content (AvgIpc) is 2.65. The van der Waals surface area contributed by atoms with Gasteiger partial charge in [-0.15, -0.1) is 6.58 Å². The molecule has 1 aromatic heterocycles. The Balaban J connectivity index is 2.37. The van der Waals surface area contributed by atoms with Crippen molar-refractivity contribution in [1.29, 1.82) is 0 Å². The second kappa shape index (κ2) is 8.72. The number of hydrogen-bond donors (Lipinski definition) is 1. The predicted molar refractivity (Wildman–Crippen MR) is 97.7 cm³/mol. The van der Waals surface area contributed by atoms with E-state index in [4.69, 9.17) is 4.74 Å². The van der Waals surface area contributed by atoms with Gasteiger partial charge in [-0.05, 0) is 32.0 Å². The number of carbonyl (C=O) groups is 2. The van der Waals surface area contributed by atoms with Crippen LogP contribution >= 0.6 is 0 Å². The van der Waals surface area contributed by atoms with Gasteiger partial charge in [-0.3, -0.25) is 9.59 Å². The van der Waals surface area contributed by atoms with E-state index in [2.05, 4.69) is 17.0 Å². The quantitative estimate of drug-likeness (QED) is 0.585. The first kappa shape index (κ1) is 21.9. The van der Waals surface area contributed by atoms with Crippen LogP contribution in [-0.2, 0) is 15.7 Å². The van der Waals surface area contributed by atoms with Crippen molar-refractivity contribution in [2.24, 2.45) is 0 Å². The van der Waals surface area contributed by atoms with E-state index in [0.29, 0.717) is 0 Å². The van der Waals surface area contributed by atoms with Crippen LogP contribution in [0.3, 0.4) is 0 Å². The Morgan fingerprint density at radius 3 is 2.66 bits per heavy atom. The molecule has 29 heavy (non-hydrogen) atoms. The van der Waals surface area contributed by atoms with Gasteiger partial charge in [0.2, 0.25) is 11.1 Å². The van der Waals surface area contributed by atoms with Crippen LogP contribution in [0.15, 0.2) is 47.8 Å². The van der Waals surface area contributed by atoms with E-state index in [1.807, 2.05) is 0 Å². The number of benzene rings is 1. The van der Waals surface area contributed by atoms with Crippen molar-refractivity contribution in [3.05, 3.63) is 70.2 Å². The number of ether oxygens (including phenoxy) is 1. The van der Waals surface area contributed by atoms with Gasteiger partial charge in [0.25, 0.3) is 5.91 Å². The number of aromatic nitrogens is 2. The minimum absolute atomic E-state index is 0.00292. The summed E-state index contributed by atoms with van der Waals surface area (Å²) in [4.78, 5) is 36.2. The lowest BCUT2D eigenvalue weighted by Gasteiger charge is -2.15. The largest absolute Gasteiger partial charge is 0.448 e. The molecule has 1 amide bonds. The molecule has 1 aromatic carbocycles. The van der Waals surface area contributed by atoms with E-state index in [-0.39, 0.29) is 17.9 Å². The third-order valence-corrected chi connectivity index (χ3v) is 3.79. The topological polar surface area (TPSA) is 90.3 Å². The van der Waals surface area contributed by atoms with E-state index in [0.717, 1.165) is 22.9 Å². The molecule has 0 aliphatic carbocycles. The fourth-order valence-electron chi connectivity index (χ4n) is 2.35. The monoisotopic (exact) mass is 409 g/mol. The zero-order valence-electron chi connectivity index (χ0n) is 15.6. The molecule has 154 valence electrons. The Hall–Kier alpha value is -3.43. The summed E-state index contributed by atoms with van der Waals surface area (Å²) in [6, 6.07) is 5.30. The number of rotatable bonds is 6. The highest BCUT2D eigenvalue weighted by molar-refractivity contribution is 5.90. The number of halogens is 3. The molecule has 0 unspecified atom stereocenters. The van der Waals surface area contributed by atoms with Gasteiger partial charge in [-0.1, -0.05) is 12.1 Å². The molecule has 1 atom stereocenters. The first-order valence-corrected chi connectivity index (χ1v) is 8.42. The van der Waals surface area contributed by atoms with E-state index in [1.165, 1.54) is 32.1 Å². The average molecular weight is 409 g/mol. The molecule has 0 fully saturated rings. The molecule has 0 aliphatic rings. The Labute approximate surface area is 163 Å². The Morgan fingerprint density at radius 2 is 2.03 bits per heavy atom. The lowest BCUT2D eigenvalue weighted by Crippen LogP contribution is -2.37. The maximum Gasteiger partial charge on any atom is 0.416 e. The first-order chi connectivity index (χ1) is 13.5. The maximum absolute atomic E-state index is 13.0. The highest BCUT2D eigenvalue weighted by atomic mass is 19.4.